The Labute approximate surface area is 108 Å². The number of rotatable bonds is 4. The van der Waals surface area contributed by atoms with Crippen molar-refractivity contribution in [3.63, 3.8) is 0 Å². The predicted octanol–water partition coefficient (Wildman–Crippen LogP) is 2.38. The van der Waals surface area contributed by atoms with E-state index in [4.69, 9.17) is 0 Å². The van der Waals surface area contributed by atoms with Gasteiger partial charge in [0.15, 0.2) is 0 Å². The quantitative estimate of drug-likeness (QED) is 0.764. The fraction of sp³-hybridized carbons (Fsp3) is 0.467. The zero-order valence-corrected chi connectivity index (χ0v) is 10.8. The average Bonchev–Trinajstić information content (AvgIpc) is 2.40. The number of carbonyl (C=O) groups excluding carboxylic acids is 2. The van der Waals surface area contributed by atoms with Crippen LogP contribution in [-0.2, 0) is 16.0 Å². The molecule has 0 spiro atoms. The number of ketones is 2. The summed E-state index contributed by atoms with van der Waals surface area (Å²) in [5, 5.41) is 0. The zero-order chi connectivity index (χ0) is 13.0. The topological polar surface area (TPSA) is 37.4 Å². The number of hydrogen-bond acceptors (Lipinski definition) is 3. The fourth-order valence-electron chi connectivity index (χ4n) is 2.19. The van der Waals surface area contributed by atoms with Crippen molar-refractivity contribution in [3.8, 4) is 0 Å². The van der Waals surface area contributed by atoms with E-state index in [0.29, 0.717) is 13.0 Å². The van der Waals surface area contributed by atoms with Crippen LogP contribution in [0.4, 0.5) is 5.69 Å². The molecule has 1 fully saturated rings. The molecule has 0 saturated carbocycles. The molecule has 96 valence electrons. The van der Waals surface area contributed by atoms with Crippen LogP contribution in [0.2, 0.25) is 0 Å². The molecule has 1 heterocycles. The Hall–Kier alpha value is -1.64. The second kappa shape index (κ2) is 5.80. The van der Waals surface area contributed by atoms with Crippen LogP contribution in [0.15, 0.2) is 24.3 Å². The highest BCUT2D eigenvalue weighted by molar-refractivity contribution is 6.39. The van der Waals surface area contributed by atoms with E-state index in [1.165, 1.54) is 18.4 Å². The van der Waals surface area contributed by atoms with Crippen LogP contribution < -0.4 is 4.90 Å². The molecule has 0 bridgehead atoms. The summed E-state index contributed by atoms with van der Waals surface area (Å²) in [6, 6.07) is 8.33. The highest BCUT2D eigenvalue weighted by Crippen LogP contribution is 2.18. The first-order valence-corrected chi connectivity index (χ1v) is 6.60. The molecule has 3 heteroatoms. The van der Waals surface area contributed by atoms with Crippen LogP contribution in [0, 0.1) is 0 Å². The van der Waals surface area contributed by atoms with Gasteiger partial charge in [0.25, 0.3) is 0 Å². The van der Waals surface area contributed by atoms with Crippen molar-refractivity contribution >= 4 is 17.3 Å². The van der Waals surface area contributed by atoms with Gasteiger partial charge in [-0.2, -0.15) is 0 Å². The Morgan fingerprint density at radius 1 is 1.11 bits per heavy atom. The van der Waals surface area contributed by atoms with Crippen LogP contribution in [-0.4, -0.2) is 24.7 Å². The summed E-state index contributed by atoms with van der Waals surface area (Å²) in [5.74, 6) is -0.498. The van der Waals surface area contributed by atoms with Gasteiger partial charge in [0.1, 0.15) is 0 Å². The van der Waals surface area contributed by atoms with Crippen molar-refractivity contribution in [1.82, 2.24) is 0 Å². The van der Waals surface area contributed by atoms with E-state index in [1.807, 2.05) is 17.0 Å². The summed E-state index contributed by atoms with van der Waals surface area (Å²) in [5.41, 5.74) is 2.37. The molecular formula is C15H19NO2. The Kier molecular flexibility index (Phi) is 4.13. The third kappa shape index (κ3) is 2.97. The van der Waals surface area contributed by atoms with Gasteiger partial charge < -0.3 is 4.90 Å². The molecule has 0 aromatic heterocycles. The first-order valence-electron chi connectivity index (χ1n) is 6.60. The maximum absolute atomic E-state index is 11.4. The molecule has 1 aromatic carbocycles. The highest BCUT2D eigenvalue weighted by atomic mass is 16.2. The van der Waals surface area contributed by atoms with E-state index < -0.39 is 0 Å². The van der Waals surface area contributed by atoms with E-state index in [9.17, 15) is 9.59 Å². The van der Waals surface area contributed by atoms with Gasteiger partial charge in [-0.3, -0.25) is 9.59 Å². The van der Waals surface area contributed by atoms with Crippen molar-refractivity contribution in [3.05, 3.63) is 29.8 Å². The maximum atomic E-state index is 11.4. The molecule has 1 aromatic rings. The fourth-order valence-corrected chi connectivity index (χ4v) is 2.19. The monoisotopic (exact) mass is 245 g/mol. The molecule has 1 saturated heterocycles. The maximum Gasteiger partial charge on any atom is 0.217 e. The molecular weight excluding hydrogens is 226 g/mol. The van der Waals surface area contributed by atoms with Crippen molar-refractivity contribution in [2.45, 2.75) is 32.6 Å². The van der Waals surface area contributed by atoms with Gasteiger partial charge in [0, 0.05) is 18.7 Å². The minimum absolute atomic E-state index is 0.229. The van der Waals surface area contributed by atoms with Crippen LogP contribution in [0.1, 0.15) is 31.7 Å². The normalized spacial score (nSPS) is 16.2. The van der Waals surface area contributed by atoms with Crippen LogP contribution >= 0.6 is 0 Å². The summed E-state index contributed by atoms with van der Waals surface area (Å²) >= 11 is 0. The van der Waals surface area contributed by atoms with Crippen LogP contribution in [0.3, 0.4) is 0 Å². The van der Waals surface area contributed by atoms with Gasteiger partial charge in [-0.1, -0.05) is 25.5 Å². The van der Waals surface area contributed by atoms with Crippen molar-refractivity contribution in [2.75, 3.05) is 18.0 Å². The number of anilines is 1. The Morgan fingerprint density at radius 3 is 2.44 bits per heavy atom. The third-order valence-corrected chi connectivity index (χ3v) is 3.37. The second-order valence-electron chi connectivity index (χ2n) is 4.79. The van der Waals surface area contributed by atoms with E-state index >= 15 is 0 Å². The smallest absolute Gasteiger partial charge is 0.217 e. The standard InChI is InChI=1S/C15H19NO2/c1-2-3-4-12-5-7-13(8-6-12)16-10-9-14(17)15(18)11-16/h5-8H,2-4,9-11H2,1H3. The van der Waals surface area contributed by atoms with Gasteiger partial charge in [-0.25, -0.2) is 0 Å². The lowest BCUT2D eigenvalue weighted by molar-refractivity contribution is -0.136. The summed E-state index contributed by atoms with van der Waals surface area (Å²) in [4.78, 5) is 24.5. The van der Waals surface area contributed by atoms with Crippen molar-refractivity contribution in [1.29, 1.82) is 0 Å². The molecule has 1 aliphatic rings. The molecule has 0 amide bonds. The summed E-state index contributed by atoms with van der Waals surface area (Å²) < 4.78 is 0. The number of nitrogens with zero attached hydrogens (tertiary/aromatic N) is 1. The Bertz CT molecular complexity index is 436. The number of piperidine rings is 1. The number of carbonyl (C=O) groups is 2. The number of unbranched alkanes of at least 4 members (excludes halogenated alkanes) is 1. The van der Waals surface area contributed by atoms with Gasteiger partial charge in [-0.15, -0.1) is 0 Å². The number of Topliss-reactive ketones (excluding diaryl/α,β-unsaturated/α-hetero) is 2. The zero-order valence-electron chi connectivity index (χ0n) is 10.8. The highest BCUT2D eigenvalue weighted by Gasteiger charge is 2.24. The van der Waals surface area contributed by atoms with Crippen LogP contribution in [0.5, 0.6) is 0 Å². The Morgan fingerprint density at radius 2 is 1.83 bits per heavy atom. The molecule has 0 aliphatic carbocycles. The summed E-state index contributed by atoms with van der Waals surface area (Å²) in [6.07, 6.45) is 3.85. The minimum Gasteiger partial charge on any atom is -0.363 e. The molecule has 0 unspecified atom stereocenters. The molecule has 0 radical (unpaired) electrons. The largest absolute Gasteiger partial charge is 0.363 e. The molecule has 2 rings (SSSR count). The summed E-state index contributed by atoms with van der Waals surface area (Å²) in [6.45, 7) is 3.07. The Balaban J connectivity index is 2.01. The van der Waals surface area contributed by atoms with Gasteiger partial charge >= 0.3 is 0 Å². The number of hydrogen-bond donors (Lipinski definition) is 0. The first kappa shape index (κ1) is 12.8. The van der Waals surface area contributed by atoms with E-state index in [1.54, 1.807) is 0 Å². The average molecular weight is 245 g/mol. The molecule has 0 N–H and O–H groups in total. The van der Waals surface area contributed by atoms with Gasteiger partial charge in [-0.05, 0) is 30.5 Å². The summed E-state index contributed by atoms with van der Waals surface area (Å²) in [7, 11) is 0. The predicted molar refractivity (Wildman–Crippen MR) is 71.9 cm³/mol. The lowest BCUT2D eigenvalue weighted by atomic mass is 10.1. The first-order chi connectivity index (χ1) is 8.70. The molecule has 3 nitrogen and oxygen atoms in total. The lowest BCUT2D eigenvalue weighted by Crippen LogP contribution is -2.41. The van der Waals surface area contributed by atoms with E-state index in [-0.39, 0.29) is 18.1 Å². The van der Waals surface area contributed by atoms with Crippen molar-refractivity contribution in [2.24, 2.45) is 0 Å². The SMILES string of the molecule is CCCCc1ccc(N2CCC(=O)C(=O)C2)cc1. The molecule has 0 atom stereocenters. The third-order valence-electron chi connectivity index (χ3n) is 3.37. The van der Waals surface area contributed by atoms with Crippen LogP contribution in [0.25, 0.3) is 0 Å². The van der Waals surface area contributed by atoms with E-state index in [0.717, 1.165) is 12.1 Å². The van der Waals surface area contributed by atoms with E-state index in [2.05, 4.69) is 19.1 Å². The molecule has 1 aliphatic heterocycles. The number of aryl methyl sites for hydroxylation is 1. The number of benzene rings is 1. The minimum atomic E-state index is -0.267. The van der Waals surface area contributed by atoms with Gasteiger partial charge in [0.05, 0.1) is 6.54 Å². The molecule has 18 heavy (non-hydrogen) atoms. The second-order valence-corrected chi connectivity index (χ2v) is 4.79. The van der Waals surface area contributed by atoms with Crippen molar-refractivity contribution < 1.29 is 9.59 Å². The lowest BCUT2D eigenvalue weighted by Gasteiger charge is -2.27. The van der Waals surface area contributed by atoms with Gasteiger partial charge in [0.2, 0.25) is 11.6 Å².